The van der Waals surface area contributed by atoms with E-state index in [2.05, 4.69) is 71.0 Å². The Balaban J connectivity index is 0.00000544. The van der Waals surface area contributed by atoms with E-state index in [1.807, 2.05) is 91.9 Å². The van der Waals surface area contributed by atoms with Crippen molar-refractivity contribution in [2.24, 2.45) is 0 Å². The number of carbonyl (C=O) groups is 3. The molecule has 0 aliphatic carbocycles. The number of benzene rings is 6. The van der Waals surface area contributed by atoms with Gasteiger partial charge in [-0.05, 0) is 70.8 Å². The van der Waals surface area contributed by atoms with E-state index in [0.29, 0.717) is 17.1 Å². The van der Waals surface area contributed by atoms with Crippen LogP contribution in [0.15, 0.2) is 135 Å². The van der Waals surface area contributed by atoms with Crippen LogP contribution in [-0.2, 0) is 20.1 Å². The number of aryl methyl sites for hydroxylation is 1. The van der Waals surface area contributed by atoms with Crippen molar-refractivity contribution in [3.05, 3.63) is 176 Å². The standard InChI is InChI=1S/C50H32Br3N6O3.Ir/c1-28-18-36(25-54-45(28)29-8-5-9-35(51)22-29)57(2)48(60)32-19-33(49(61)58(3)37-23-30-14-16-39-41(46(30)55-26-37)10-6-12-43(39)52)21-34(20-32)50(62)59(4)38-24-31-15-17-40-42(47(31)56-27-38)11-7-13-44(40)53;/h5-7,9,12-27H,1-4H3;/q-3;+3. The number of anilines is 3. The number of nitrogens with zero attached hydrogens (tertiary/aromatic N) is 6. The van der Waals surface area contributed by atoms with Crippen molar-refractivity contribution in [2.75, 3.05) is 35.8 Å². The first-order chi connectivity index (χ1) is 29.9. The van der Waals surface area contributed by atoms with Crippen LogP contribution in [-0.4, -0.2) is 53.8 Å². The number of pyridine rings is 3. The van der Waals surface area contributed by atoms with E-state index in [1.54, 1.807) is 39.7 Å². The molecule has 0 atom stereocenters. The van der Waals surface area contributed by atoms with Gasteiger partial charge in [-0.25, -0.2) is 0 Å². The zero-order chi connectivity index (χ0) is 43.4. The molecule has 3 amide bonds. The number of hydrogen-bond donors (Lipinski definition) is 0. The zero-order valence-corrected chi connectivity index (χ0v) is 41.1. The van der Waals surface area contributed by atoms with Crippen LogP contribution in [0.4, 0.5) is 17.1 Å². The molecule has 63 heavy (non-hydrogen) atoms. The fraction of sp³-hybridized carbons (Fsp3) is 0.0800. The molecule has 0 saturated heterocycles. The quantitative estimate of drug-likeness (QED) is 0.116. The van der Waals surface area contributed by atoms with Crippen LogP contribution in [0.5, 0.6) is 0 Å². The molecule has 9 nitrogen and oxygen atoms in total. The van der Waals surface area contributed by atoms with Crippen LogP contribution >= 0.6 is 47.8 Å². The molecule has 310 valence electrons. The SMILES string of the molecule is Cc1cc(N(C)C(=O)c2cc(C(=O)N(C)c3cnc4c(ccc5c(Br)cc[c-]c54)c3)cc(C(=O)N(C)c3cnc4c(ccc5c(Br)cc[c-]c54)c3)c2)cnc1-c1[c-]ccc(Br)c1.[Ir+3]. The normalized spacial score (nSPS) is 11.2. The van der Waals surface area contributed by atoms with E-state index in [0.717, 1.165) is 73.6 Å². The first-order valence-corrected chi connectivity index (χ1v) is 21.6. The van der Waals surface area contributed by atoms with Crippen LogP contribution in [0.25, 0.3) is 54.6 Å². The van der Waals surface area contributed by atoms with Gasteiger partial charge in [0, 0.05) is 56.4 Å². The predicted molar refractivity (Wildman–Crippen MR) is 257 cm³/mol. The van der Waals surface area contributed by atoms with E-state index in [-0.39, 0.29) is 36.8 Å². The molecule has 0 aliphatic heterocycles. The van der Waals surface area contributed by atoms with Crippen LogP contribution in [0.2, 0.25) is 0 Å². The van der Waals surface area contributed by atoms with Gasteiger partial charge < -0.3 is 29.7 Å². The molecule has 6 aromatic carbocycles. The number of rotatable bonds is 7. The van der Waals surface area contributed by atoms with E-state index < -0.39 is 17.7 Å². The van der Waals surface area contributed by atoms with Crippen LogP contribution in [0.3, 0.4) is 0 Å². The van der Waals surface area contributed by atoms with Gasteiger partial charge in [-0.3, -0.25) is 14.4 Å². The molecule has 0 fully saturated rings. The average Bonchev–Trinajstić information content (AvgIpc) is 3.29. The Hall–Kier alpha value is -5.69. The van der Waals surface area contributed by atoms with Gasteiger partial charge in [0.25, 0.3) is 17.7 Å². The number of amides is 3. The van der Waals surface area contributed by atoms with Crippen molar-refractivity contribution in [1.29, 1.82) is 0 Å². The number of carbonyl (C=O) groups excluding carboxylic acids is 3. The summed E-state index contributed by atoms with van der Waals surface area (Å²) in [5.41, 5.74) is 5.86. The van der Waals surface area contributed by atoms with E-state index in [9.17, 15) is 14.4 Å². The second-order valence-electron chi connectivity index (χ2n) is 14.8. The molecule has 3 aromatic heterocycles. The predicted octanol–water partition coefficient (Wildman–Crippen LogP) is 12.0. The molecule has 3 heterocycles. The van der Waals surface area contributed by atoms with Gasteiger partial charge >= 0.3 is 20.1 Å². The molecule has 0 saturated carbocycles. The molecule has 0 N–H and O–H groups in total. The minimum atomic E-state index is -0.441. The summed E-state index contributed by atoms with van der Waals surface area (Å²) in [7, 11) is 4.92. The molecule has 0 radical (unpaired) electrons. The summed E-state index contributed by atoms with van der Waals surface area (Å²) in [6.45, 7) is 1.92. The van der Waals surface area contributed by atoms with Crippen molar-refractivity contribution in [1.82, 2.24) is 15.0 Å². The molecule has 9 rings (SSSR count). The number of halogens is 3. The second kappa shape index (κ2) is 17.8. The maximum Gasteiger partial charge on any atom is 3.00 e. The largest absolute Gasteiger partial charge is 3.00 e. The van der Waals surface area contributed by atoms with Crippen molar-refractivity contribution >= 4 is 126 Å². The van der Waals surface area contributed by atoms with Gasteiger partial charge in [0.1, 0.15) is 0 Å². The smallest absolute Gasteiger partial charge is 0.310 e. The Morgan fingerprint density at radius 2 is 0.952 bits per heavy atom. The summed E-state index contributed by atoms with van der Waals surface area (Å²) in [4.78, 5) is 62.0. The molecule has 0 spiro atoms. The van der Waals surface area contributed by atoms with Gasteiger partial charge in [-0.15, -0.1) is 77.0 Å². The number of fused-ring (bicyclic) bond motifs is 6. The Kier molecular flexibility index (Phi) is 12.4. The molecule has 0 unspecified atom stereocenters. The van der Waals surface area contributed by atoms with Gasteiger partial charge in [-0.2, -0.15) is 0 Å². The fourth-order valence-electron chi connectivity index (χ4n) is 7.54. The third-order valence-corrected chi connectivity index (χ3v) is 12.8. The molecular weight excluding hydrogens is 1160 g/mol. The summed E-state index contributed by atoms with van der Waals surface area (Å²) in [5.74, 6) is -1.32. The first-order valence-electron chi connectivity index (χ1n) is 19.3. The van der Waals surface area contributed by atoms with E-state index >= 15 is 0 Å². The Morgan fingerprint density at radius 3 is 1.40 bits per heavy atom. The van der Waals surface area contributed by atoms with Crippen molar-refractivity contribution in [3.63, 3.8) is 0 Å². The maximum absolute atomic E-state index is 14.5. The third-order valence-electron chi connectivity index (χ3n) is 10.9. The Bertz CT molecular complexity index is 3190. The minimum absolute atomic E-state index is 0. The molecule has 0 aliphatic rings. The Labute approximate surface area is 401 Å². The third kappa shape index (κ3) is 8.32. The summed E-state index contributed by atoms with van der Waals surface area (Å²) >= 11 is 10.7. The number of hydrogen-bond acceptors (Lipinski definition) is 6. The molecule has 9 aromatic rings. The summed E-state index contributed by atoms with van der Waals surface area (Å²) in [6, 6.07) is 41.0. The van der Waals surface area contributed by atoms with Crippen molar-refractivity contribution in [2.45, 2.75) is 6.92 Å². The summed E-state index contributed by atoms with van der Waals surface area (Å²) in [5, 5.41) is 5.30. The number of aromatic nitrogens is 3. The average molecular weight is 1200 g/mol. The van der Waals surface area contributed by atoms with Crippen LogP contribution in [0, 0.1) is 25.1 Å². The van der Waals surface area contributed by atoms with Gasteiger partial charge in [-0.1, -0.05) is 102 Å². The van der Waals surface area contributed by atoms with Crippen molar-refractivity contribution < 1.29 is 34.5 Å². The van der Waals surface area contributed by atoms with Crippen molar-refractivity contribution in [3.8, 4) is 11.3 Å². The topological polar surface area (TPSA) is 99.6 Å². The zero-order valence-electron chi connectivity index (χ0n) is 33.9. The van der Waals surface area contributed by atoms with Gasteiger partial charge in [0.2, 0.25) is 0 Å². The summed E-state index contributed by atoms with van der Waals surface area (Å²) in [6.07, 6.45) is 4.89. The fourth-order valence-corrected chi connectivity index (χ4v) is 8.83. The van der Waals surface area contributed by atoms with Gasteiger partial charge in [0.15, 0.2) is 0 Å². The van der Waals surface area contributed by atoms with Crippen LogP contribution < -0.4 is 14.7 Å². The molecular formula is C50H32Br3IrN6O3. The van der Waals surface area contributed by atoms with E-state index in [1.165, 1.54) is 32.9 Å². The Morgan fingerprint density at radius 1 is 0.524 bits per heavy atom. The first kappa shape index (κ1) is 43.9. The van der Waals surface area contributed by atoms with Crippen LogP contribution in [0.1, 0.15) is 36.6 Å². The summed E-state index contributed by atoms with van der Waals surface area (Å²) < 4.78 is 2.76. The second-order valence-corrected chi connectivity index (χ2v) is 17.5. The van der Waals surface area contributed by atoms with Gasteiger partial charge in [0.05, 0.1) is 17.1 Å². The van der Waals surface area contributed by atoms with E-state index in [4.69, 9.17) is 9.97 Å². The maximum atomic E-state index is 14.5. The minimum Gasteiger partial charge on any atom is -0.310 e. The molecule has 13 heteroatoms. The monoisotopic (exact) mass is 1190 g/mol. The molecule has 0 bridgehead atoms.